The standard InChI is InChI=1S/C17H21NO3/c19-12-6-2-1-5-11-18-16-10-9-15(17(20)21)13-7-3-4-8-14(13)16/h3-4,7-10,18-19H,1-2,5-6,11-12H2,(H,20,21). The lowest BCUT2D eigenvalue weighted by molar-refractivity contribution is 0.0699. The van der Waals surface area contributed by atoms with Crippen LogP contribution in [-0.4, -0.2) is 29.3 Å². The van der Waals surface area contributed by atoms with Gasteiger partial charge in [0.25, 0.3) is 0 Å². The fourth-order valence-corrected chi connectivity index (χ4v) is 2.45. The molecule has 0 radical (unpaired) electrons. The Labute approximate surface area is 124 Å². The summed E-state index contributed by atoms with van der Waals surface area (Å²) in [7, 11) is 0. The monoisotopic (exact) mass is 287 g/mol. The van der Waals surface area contributed by atoms with Crippen molar-refractivity contribution in [2.45, 2.75) is 25.7 Å². The molecule has 0 aliphatic carbocycles. The third-order valence-electron chi connectivity index (χ3n) is 3.55. The van der Waals surface area contributed by atoms with E-state index in [1.54, 1.807) is 6.07 Å². The van der Waals surface area contributed by atoms with Gasteiger partial charge in [-0.1, -0.05) is 37.1 Å². The van der Waals surface area contributed by atoms with E-state index in [1.807, 2.05) is 30.3 Å². The maximum Gasteiger partial charge on any atom is 0.336 e. The number of aliphatic hydroxyl groups excluding tert-OH is 1. The third kappa shape index (κ3) is 3.95. The van der Waals surface area contributed by atoms with Gasteiger partial charge in [0.2, 0.25) is 0 Å². The number of unbranched alkanes of at least 4 members (excludes halogenated alkanes) is 3. The van der Waals surface area contributed by atoms with E-state index in [0.29, 0.717) is 5.56 Å². The fraction of sp³-hybridized carbons (Fsp3) is 0.353. The molecule has 0 saturated heterocycles. The van der Waals surface area contributed by atoms with Gasteiger partial charge < -0.3 is 15.5 Å². The first-order valence-corrected chi connectivity index (χ1v) is 7.34. The molecule has 0 atom stereocenters. The second-order valence-corrected chi connectivity index (χ2v) is 5.08. The minimum Gasteiger partial charge on any atom is -0.478 e. The zero-order valence-corrected chi connectivity index (χ0v) is 12.0. The van der Waals surface area contributed by atoms with E-state index in [0.717, 1.165) is 48.7 Å². The SMILES string of the molecule is O=C(O)c1ccc(NCCCCCCO)c2ccccc12. The van der Waals surface area contributed by atoms with E-state index >= 15 is 0 Å². The highest BCUT2D eigenvalue weighted by molar-refractivity contribution is 6.07. The van der Waals surface area contributed by atoms with Crippen molar-refractivity contribution < 1.29 is 15.0 Å². The number of nitrogens with one attached hydrogen (secondary N) is 1. The highest BCUT2D eigenvalue weighted by atomic mass is 16.4. The van der Waals surface area contributed by atoms with E-state index < -0.39 is 5.97 Å². The number of hydrogen-bond acceptors (Lipinski definition) is 3. The molecule has 0 heterocycles. The Balaban J connectivity index is 2.07. The van der Waals surface area contributed by atoms with Gasteiger partial charge in [0, 0.05) is 24.2 Å². The Kier molecular flexibility index (Phi) is 5.58. The summed E-state index contributed by atoms with van der Waals surface area (Å²) in [5.74, 6) is -0.901. The molecular formula is C17H21NO3. The van der Waals surface area contributed by atoms with Crippen molar-refractivity contribution >= 4 is 22.4 Å². The summed E-state index contributed by atoms with van der Waals surface area (Å²) in [6, 6.07) is 11.0. The van der Waals surface area contributed by atoms with Gasteiger partial charge >= 0.3 is 5.97 Å². The number of aromatic carboxylic acids is 1. The number of carboxylic acids is 1. The average Bonchev–Trinajstić information content (AvgIpc) is 2.50. The van der Waals surface area contributed by atoms with Crippen molar-refractivity contribution in [1.29, 1.82) is 0 Å². The Hall–Kier alpha value is -2.07. The molecule has 0 aliphatic heterocycles. The third-order valence-corrected chi connectivity index (χ3v) is 3.55. The first kappa shape index (κ1) is 15.3. The van der Waals surface area contributed by atoms with Crippen LogP contribution in [0.1, 0.15) is 36.0 Å². The molecule has 0 amide bonds. The molecule has 3 N–H and O–H groups in total. The molecular weight excluding hydrogens is 266 g/mol. The number of hydrogen-bond donors (Lipinski definition) is 3. The number of carboxylic acid groups (broad SMARTS) is 1. The summed E-state index contributed by atoms with van der Waals surface area (Å²) >= 11 is 0. The predicted molar refractivity (Wildman–Crippen MR) is 85.0 cm³/mol. The molecule has 4 heteroatoms. The lowest BCUT2D eigenvalue weighted by Crippen LogP contribution is -2.04. The molecule has 2 aromatic carbocycles. The minimum absolute atomic E-state index is 0.259. The number of anilines is 1. The lowest BCUT2D eigenvalue weighted by Gasteiger charge is -2.11. The first-order valence-electron chi connectivity index (χ1n) is 7.34. The van der Waals surface area contributed by atoms with Crippen LogP contribution in [0.4, 0.5) is 5.69 Å². The van der Waals surface area contributed by atoms with Crippen molar-refractivity contribution in [3.05, 3.63) is 42.0 Å². The molecule has 0 spiro atoms. The van der Waals surface area contributed by atoms with Crippen LogP contribution in [0.2, 0.25) is 0 Å². The number of aliphatic hydroxyl groups is 1. The van der Waals surface area contributed by atoms with Gasteiger partial charge in [-0.2, -0.15) is 0 Å². The lowest BCUT2D eigenvalue weighted by atomic mass is 10.0. The summed E-state index contributed by atoms with van der Waals surface area (Å²) in [6.45, 7) is 1.11. The Morgan fingerprint density at radius 2 is 1.67 bits per heavy atom. The number of fused-ring (bicyclic) bond motifs is 1. The topological polar surface area (TPSA) is 69.6 Å². The molecule has 0 fully saturated rings. The largest absolute Gasteiger partial charge is 0.478 e. The Morgan fingerprint density at radius 3 is 2.38 bits per heavy atom. The van der Waals surface area contributed by atoms with Gasteiger partial charge in [0.1, 0.15) is 0 Å². The maximum atomic E-state index is 11.2. The van der Waals surface area contributed by atoms with E-state index in [9.17, 15) is 9.90 Å². The van der Waals surface area contributed by atoms with E-state index in [-0.39, 0.29) is 6.61 Å². The van der Waals surface area contributed by atoms with Crippen LogP contribution in [0.25, 0.3) is 10.8 Å². The summed E-state index contributed by atoms with van der Waals surface area (Å²) in [4.78, 5) is 11.2. The van der Waals surface area contributed by atoms with Crippen LogP contribution in [-0.2, 0) is 0 Å². The first-order chi connectivity index (χ1) is 10.2. The Morgan fingerprint density at radius 1 is 0.952 bits per heavy atom. The quantitative estimate of drug-likeness (QED) is 0.650. The summed E-state index contributed by atoms with van der Waals surface area (Å²) in [6.07, 6.45) is 4.01. The van der Waals surface area contributed by atoms with E-state index in [2.05, 4.69) is 5.32 Å². The fourth-order valence-electron chi connectivity index (χ4n) is 2.45. The zero-order valence-electron chi connectivity index (χ0n) is 12.0. The van der Waals surface area contributed by atoms with Crippen molar-refractivity contribution in [2.75, 3.05) is 18.5 Å². The van der Waals surface area contributed by atoms with Crippen molar-refractivity contribution in [1.82, 2.24) is 0 Å². The minimum atomic E-state index is -0.901. The molecule has 0 saturated carbocycles. The van der Waals surface area contributed by atoms with Crippen LogP contribution < -0.4 is 5.32 Å². The molecule has 0 bridgehead atoms. The molecule has 0 aliphatic rings. The van der Waals surface area contributed by atoms with Gasteiger partial charge in [-0.25, -0.2) is 4.79 Å². The molecule has 112 valence electrons. The number of rotatable bonds is 8. The highest BCUT2D eigenvalue weighted by Gasteiger charge is 2.10. The van der Waals surface area contributed by atoms with Gasteiger partial charge in [-0.15, -0.1) is 0 Å². The van der Waals surface area contributed by atoms with E-state index in [1.165, 1.54) is 0 Å². The van der Waals surface area contributed by atoms with E-state index in [4.69, 9.17) is 5.11 Å². The van der Waals surface area contributed by atoms with Gasteiger partial charge in [0.05, 0.1) is 5.56 Å². The van der Waals surface area contributed by atoms with Crippen LogP contribution in [0.3, 0.4) is 0 Å². The molecule has 4 nitrogen and oxygen atoms in total. The smallest absolute Gasteiger partial charge is 0.336 e. The molecule has 21 heavy (non-hydrogen) atoms. The summed E-state index contributed by atoms with van der Waals surface area (Å²) in [5, 5.41) is 23.0. The molecule has 2 aromatic rings. The second kappa shape index (κ2) is 7.64. The Bertz CT molecular complexity index is 610. The molecule has 0 aromatic heterocycles. The van der Waals surface area contributed by atoms with Gasteiger partial charge in [0.15, 0.2) is 0 Å². The number of carbonyl (C=O) groups is 1. The van der Waals surface area contributed by atoms with Crippen molar-refractivity contribution in [2.24, 2.45) is 0 Å². The second-order valence-electron chi connectivity index (χ2n) is 5.08. The average molecular weight is 287 g/mol. The number of benzene rings is 2. The van der Waals surface area contributed by atoms with Crippen molar-refractivity contribution in [3.8, 4) is 0 Å². The predicted octanol–water partition coefficient (Wildman–Crippen LogP) is 3.50. The normalized spacial score (nSPS) is 10.7. The zero-order chi connectivity index (χ0) is 15.1. The van der Waals surface area contributed by atoms with Gasteiger partial charge in [-0.3, -0.25) is 0 Å². The van der Waals surface area contributed by atoms with Gasteiger partial charge in [-0.05, 0) is 30.4 Å². The molecule has 0 unspecified atom stereocenters. The van der Waals surface area contributed by atoms with Crippen molar-refractivity contribution in [3.63, 3.8) is 0 Å². The van der Waals surface area contributed by atoms with Crippen LogP contribution >= 0.6 is 0 Å². The maximum absolute atomic E-state index is 11.2. The summed E-state index contributed by atoms with van der Waals surface area (Å²) < 4.78 is 0. The van der Waals surface area contributed by atoms with Crippen LogP contribution in [0, 0.1) is 0 Å². The molecule has 2 rings (SSSR count). The summed E-state index contributed by atoms with van der Waals surface area (Å²) in [5.41, 5.74) is 1.30. The van der Waals surface area contributed by atoms with Crippen LogP contribution in [0.15, 0.2) is 36.4 Å². The van der Waals surface area contributed by atoms with Crippen LogP contribution in [0.5, 0.6) is 0 Å². The highest BCUT2D eigenvalue weighted by Crippen LogP contribution is 2.26.